The summed E-state index contributed by atoms with van der Waals surface area (Å²) < 4.78 is 29.2. The molecule has 168 valence electrons. The normalized spacial score (nSPS) is 17.3. The lowest BCUT2D eigenvalue weighted by Crippen LogP contribution is -2.36. The lowest BCUT2D eigenvalue weighted by molar-refractivity contribution is -0.118. The third-order valence-electron chi connectivity index (χ3n) is 5.11. The predicted molar refractivity (Wildman–Crippen MR) is 121 cm³/mol. The average Bonchev–Trinajstić information content (AvgIpc) is 3.10. The van der Waals surface area contributed by atoms with E-state index >= 15 is 0 Å². The van der Waals surface area contributed by atoms with Crippen LogP contribution in [-0.2, 0) is 36.3 Å². The number of sulfone groups is 1. The number of carbonyl (C=O) groups excluding carboxylic acids is 3. The van der Waals surface area contributed by atoms with Gasteiger partial charge in [-0.1, -0.05) is 18.2 Å². The molecule has 11 heteroatoms. The molecule has 0 bridgehead atoms. The molecule has 2 amide bonds. The zero-order valence-electron chi connectivity index (χ0n) is 17.3. The number of para-hydroxylation sites is 1. The third kappa shape index (κ3) is 4.44. The number of anilines is 2. The van der Waals surface area contributed by atoms with Crippen molar-refractivity contribution in [1.82, 2.24) is 0 Å². The van der Waals surface area contributed by atoms with Crippen molar-refractivity contribution in [2.45, 2.75) is 31.9 Å². The third-order valence-corrected chi connectivity index (χ3v) is 7.99. The number of thiophene rings is 1. The number of fused-ring (bicyclic) bond motifs is 1. The fraction of sp³-hybridized carbons (Fsp3) is 0.333. The summed E-state index contributed by atoms with van der Waals surface area (Å²) in [7, 11) is -3.25. The summed E-state index contributed by atoms with van der Waals surface area (Å²) in [6, 6.07) is 8.78. The Morgan fingerprint density at radius 1 is 1.19 bits per heavy atom. The Morgan fingerprint density at radius 2 is 1.94 bits per heavy atom. The Balaban J connectivity index is 1.65. The van der Waals surface area contributed by atoms with Gasteiger partial charge in [0.15, 0.2) is 9.84 Å². The van der Waals surface area contributed by atoms with E-state index < -0.39 is 21.7 Å². The summed E-state index contributed by atoms with van der Waals surface area (Å²) in [5, 5.41) is 8.36. The smallest absolute Gasteiger partial charge is 0.341 e. The number of hydrazone groups is 1. The fourth-order valence-electron chi connectivity index (χ4n) is 3.59. The molecule has 1 aromatic heterocycles. The summed E-state index contributed by atoms with van der Waals surface area (Å²) in [5.74, 6) is -1.61. The van der Waals surface area contributed by atoms with Crippen LogP contribution in [0.3, 0.4) is 0 Å². The van der Waals surface area contributed by atoms with E-state index in [1.54, 1.807) is 31.2 Å². The van der Waals surface area contributed by atoms with Crippen LogP contribution in [0.25, 0.3) is 0 Å². The summed E-state index contributed by atoms with van der Waals surface area (Å²) in [4.78, 5) is 38.4. The predicted octanol–water partition coefficient (Wildman–Crippen LogP) is 2.52. The van der Waals surface area contributed by atoms with E-state index in [2.05, 4.69) is 10.4 Å². The zero-order valence-corrected chi connectivity index (χ0v) is 18.9. The number of ether oxygens (including phenoxy) is 1. The molecule has 0 unspecified atom stereocenters. The maximum Gasteiger partial charge on any atom is 0.341 e. The molecule has 0 aliphatic carbocycles. The first-order valence-electron chi connectivity index (χ1n) is 10.1. The SMILES string of the molecule is CCOC(=O)c1c(NC(=O)C2=NN(c3ccccc3)C(=O)CC2)sc2c1CCS(=O)(=O)C2. The van der Waals surface area contributed by atoms with Crippen LogP contribution in [0.15, 0.2) is 35.4 Å². The van der Waals surface area contributed by atoms with Gasteiger partial charge in [0.2, 0.25) is 5.91 Å². The molecule has 0 saturated heterocycles. The van der Waals surface area contributed by atoms with Crippen LogP contribution < -0.4 is 10.3 Å². The van der Waals surface area contributed by atoms with E-state index in [1.165, 1.54) is 5.01 Å². The number of carbonyl (C=O) groups is 3. The molecule has 1 N–H and O–H groups in total. The second-order valence-electron chi connectivity index (χ2n) is 7.31. The number of benzene rings is 1. The minimum atomic E-state index is -3.25. The van der Waals surface area contributed by atoms with Crippen molar-refractivity contribution in [2.75, 3.05) is 22.7 Å². The fourth-order valence-corrected chi connectivity index (χ4v) is 6.63. The van der Waals surface area contributed by atoms with Crippen LogP contribution in [0.2, 0.25) is 0 Å². The highest BCUT2D eigenvalue weighted by molar-refractivity contribution is 7.90. The van der Waals surface area contributed by atoms with Crippen molar-refractivity contribution in [2.24, 2.45) is 5.10 Å². The van der Waals surface area contributed by atoms with Crippen molar-refractivity contribution in [3.8, 4) is 0 Å². The Morgan fingerprint density at radius 3 is 2.66 bits per heavy atom. The summed E-state index contributed by atoms with van der Waals surface area (Å²) in [6.07, 6.45) is 0.461. The average molecular weight is 476 g/mol. The van der Waals surface area contributed by atoms with Crippen molar-refractivity contribution >= 4 is 55.4 Å². The van der Waals surface area contributed by atoms with Crippen molar-refractivity contribution in [1.29, 1.82) is 0 Å². The highest BCUT2D eigenvalue weighted by Gasteiger charge is 2.33. The van der Waals surface area contributed by atoms with Gasteiger partial charge in [0, 0.05) is 17.7 Å². The van der Waals surface area contributed by atoms with Gasteiger partial charge in [0.25, 0.3) is 5.91 Å². The minimum absolute atomic E-state index is 0.0582. The summed E-state index contributed by atoms with van der Waals surface area (Å²) >= 11 is 1.06. The van der Waals surface area contributed by atoms with E-state index in [0.29, 0.717) is 16.1 Å². The van der Waals surface area contributed by atoms with Gasteiger partial charge in [0.1, 0.15) is 10.7 Å². The molecular formula is C21H21N3O6S2. The van der Waals surface area contributed by atoms with E-state index in [1.807, 2.05) is 6.07 Å². The Labute approximate surface area is 189 Å². The van der Waals surface area contributed by atoms with Gasteiger partial charge in [-0.2, -0.15) is 5.10 Å². The molecule has 2 aliphatic rings. The second-order valence-corrected chi connectivity index (χ2v) is 10.6. The van der Waals surface area contributed by atoms with Crippen molar-refractivity contribution in [3.63, 3.8) is 0 Å². The van der Waals surface area contributed by atoms with Crippen molar-refractivity contribution < 1.29 is 27.5 Å². The van der Waals surface area contributed by atoms with Crippen molar-refractivity contribution in [3.05, 3.63) is 46.3 Å². The van der Waals surface area contributed by atoms with E-state index in [0.717, 1.165) is 11.3 Å². The molecule has 9 nitrogen and oxygen atoms in total. The first kappa shape index (κ1) is 22.2. The van der Waals surface area contributed by atoms with Crippen LogP contribution in [0.1, 0.15) is 40.6 Å². The van der Waals surface area contributed by atoms with E-state index in [-0.39, 0.29) is 59.6 Å². The highest BCUT2D eigenvalue weighted by Crippen LogP contribution is 2.38. The van der Waals surface area contributed by atoms with Gasteiger partial charge in [-0.25, -0.2) is 18.2 Å². The summed E-state index contributed by atoms with van der Waals surface area (Å²) in [6.45, 7) is 1.82. The maximum absolute atomic E-state index is 13.0. The molecule has 3 heterocycles. The molecule has 2 aliphatic heterocycles. The quantitative estimate of drug-likeness (QED) is 0.663. The Kier molecular flexibility index (Phi) is 6.11. The Hall–Kier alpha value is -3.05. The highest BCUT2D eigenvalue weighted by atomic mass is 32.2. The van der Waals surface area contributed by atoms with Crippen LogP contribution in [0.4, 0.5) is 10.7 Å². The molecule has 0 atom stereocenters. The zero-order chi connectivity index (χ0) is 22.9. The van der Waals surface area contributed by atoms with Gasteiger partial charge in [-0.3, -0.25) is 9.59 Å². The van der Waals surface area contributed by atoms with E-state index in [4.69, 9.17) is 4.74 Å². The molecule has 2 aromatic rings. The number of esters is 1. The van der Waals surface area contributed by atoms with Crippen LogP contribution in [0.5, 0.6) is 0 Å². The molecule has 1 aromatic carbocycles. The lowest BCUT2D eigenvalue weighted by Gasteiger charge is -2.23. The van der Waals surface area contributed by atoms with Gasteiger partial charge in [-0.15, -0.1) is 11.3 Å². The molecule has 32 heavy (non-hydrogen) atoms. The van der Waals surface area contributed by atoms with E-state index in [9.17, 15) is 22.8 Å². The molecule has 0 fully saturated rings. The van der Waals surface area contributed by atoms with Crippen LogP contribution in [0, 0.1) is 0 Å². The first-order valence-corrected chi connectivity index (χ1v) is 12.7. The minimum Gasteiger partial charge on any atom is -0.462 e. The largest absolute Gasteiger partial charge is 0.462 e. The van der Waals surface area contributed by atoms with Gasteiger partial charge >= 0.3 is 5.97 Å². The van der Waals surface area contributed by atoms with Crippen LogP contribution >= 0.6 is 11.3 Å². The number of hydrogen-bond acceptors (Lipinski definition) is 8. The number of nitrogens with one attached hydrogen (secondary N) is 1. The van der Waals surface area contributed by atoms with Gasteiger partial charge in [-0.05, 0) is 31.0 Å². The number of amides is 2. The maximum atomic E-state index is 13.0. The van der Waals surface area contributed by atoms with Gasteiger partial charge < -0.3 is 10.1 Å². The topological polar surface area (TPSA) is 122 Å². The van der Waals surface area contributed by atoms with Gasteiger partial charge in [0.05, 0.1) is 29.4 Å². The molecule has 0 saturated carbocycles. The lowest BCUT2D eigenvalue weighted by atomic mass is 10.1. The summed E-state index contributed by atoms with van der Waals surface area (Å²) in [5.41, 5.74) is 1.49. The number of rotatable bonds is 5. The monoisotopic (exact) mass is 475 g/mol. The molecule has 0 spiro atoms. The molecule has 4 rings (SSSR count). The number of nitrogens with zero attached hydrogens (tertiary/aromatic N) is 2. The second kappa shape index (κ2) is 8.83. The number of hydrogen-bond donors (Lipinski definition) is 1. The standard InChI is InChI=1S/C21H21N3O6S2/c1-2-30-21(27)18-14-10-11-32(28,29)12-16(14)31-20(18)22-19(26)15-8-9-17(25)24(23-15)13-6-4-3-5-7-13/h3-7H,2,8-12H2,1H3,(H,22,26). The van der Waals surface area contributed by atoms with Crippen LogP contribution in [-0.4, -0.2) is 44.3 Å². The molecular weight excluding hydrogens is 454 g/mol. The molecule has 0 radical (unpaired) electrons. The Bertz CT molecular complexity index is 1220. The first-order chi connectivity index (χ1) is 15.3.